The van der Waals surface area contributed by atoms with Gasteiger partial charge in [-0.15, -0.1) is 0 Å². The molecule has 0 spiro atoms. The van der Waals surface area contributed by atoms with Crippen molar-refractivity contribution in [2.45, 2.75) is 20.3 Å². The standard InChI is InChI=1S/C55H43N2OP/c1-3-18-40-31-34-44(37-39(40)4-2)55-50-27-16-14-25-48(50)54(49-26-15-17-28-51(49)55)42-32-29-41(30-33-42)43-35-36-52-53(38-43)57(46-21-10-6-11-22-46)59(58,47-23-12-7-13-24-47)56(52)45-19-8-5-9-20-45/h4-38H,3H2,1-2H3/b39-4-,40-18-. The summed E-state index contributed by atoms with van der Waals surface area (Å²) in [6.45, 7) is 4.31. The normalized spacial score (nSPS) is 15.6. The van der Waals surface area contributed by atoms with Crippen molar-refractivity contribution in [3.05, 3.63) is 211 Å². The largest absolute Gasteiger partial charge is 0.301 e. The van der Waals surface area contributed by atoms with Gasteiger partial charge in [-0.3, -0.25) is 13.9 Å². The highest BCUT2D eigenvalue weighted by Crippen LogP contribution is 2.70. The maximum atomic E-state index is 16.0. The summed E-state index contributed by atoms with van der Waals surface area (Å²) >= 11 is 0. The van der Waals surface area contributed by atoms with Crippen molar-refractivity contribution < 1.29 is 4.57 Å². The molecule has 0 saturated heterocycles. The SMILES string of the molecule is C/C=c1/cc(-c2c3ccccc3c(-c3ccc(-c4ccc5c(c4)N(c4ccccc4)P(=O)(c4ccccc4)N5c4ccccc4)cc3)c3ccccc23)cc/c1=C/CC. The number of fused-ring (bicyclic) bond motifs is 3. The first-order chi connectivity index (χ1) is 29.1. The minimum absolute atomic E-state index is 0.774. The molecule has 3 nitrogen and oxygen atoms in total. The number of rotatable bonds is 7. The lowest BCUT2D eigenvalue weighted by Gasteiger charge is -2.33. The van der Waals surface area contributed by atoms with E-state index in [1.807, 2.05) is 78.9 Å². The predicted molar refractivity (Wildman–Crippen MR) is 253 cm³/mol. The fourth-order valence-electron chi connectivity index (χ4n) is 8.98. The molecule has 0 amide bonds. The van der Waals surface area contributed by atoms with E-state index in [9.17, 15) is 0 Å². The molecule has 59 heavy (non-hydrogen) atoms. The molecule has 1 heterocycles. The molecule has 0 radical (unpaired) electrons. The van der Waals surface area contributed by atoms with E-state index in [4.69, 9.17) is 0 Å². The van der Waals surface area contributed by atoms with Crippen LogP contribution < -0.4 is 25.1 Å². The van der Waals surface area contributed by atoms with E-state index >= 15 is 4.57 Å². The van der Waals surface area contributed by atoms with Crippen LogP contribution >= 0.6 is 7.44 Å². The Morgan fingerprint density at radius 3 is 1.44 bits per heavy atom. The van der Waals surface area contributed by atoms with Crippen LogP contribution in [0.15, 0.2) is 200 Å². The van der Waals surface area contributed by atoms with Gasteiger partial charge >= 0.3 is 7.44 Å². The molecule has 1 aliphatic heterocycles. The third-order valence-corrected chi connectivity index (χ3v) is 14.6. The van der Waals surface area contributed by atoms with Crippen molar-refractivity contribution in [1.82, 2.24) is 0 Å². The van der Waals surface area contributed by atoms with Crippen LogP contribution in [-0.4, -0.2) is 0 Å². The molecule has 0 saturated carbocycles. The highest BCUT2D eigenvalue weighted by molar-refractivity contribution is 7.76. The summed E-state index contributed by atoms with van der Waals surface area (Å²) in [5.41, 5.74) is 10.6. The monoisotopic (exact) mass is 778 g/mol. The number of hydrogen-bond acceptors (Lipinski definition) is 1. The quantitative estimate of drug-likeness (QED) is 0.119. The van der Waals surface area contributed by atoms with Crippen LogP contribution in [0, 0.1) is 0 Å². The molecule has 10 rings (SSSR count). The molecular weight excluding hydrogens is 736 g/mol. The maximum absolute atomic E-state index is 16.0. The number of anilines is 4. The van der Waals surface area contributed by atoms with Gasteiger partial charge in [0, 0.05) is 11.4 Å². The molecule has 9 aromatic rings. The Labute approximate surface area is 345 Å². The molecule has 1 atom stereocenters. The summed E-state index contributed by atoms with van der Waals surface area (Å²) in [6.07, 6.45) is 5.51. The van der Waals surface area contributed by atoms with Gasteiger partial charge in [0.2, 0.25) is 0 Å². The van der Waals surface area contributed by atoms with Crippen molar-refractivity contribution in [1.29, 1.82) is 0 Å². The summed E-state index contributed by atoms with van der Waals surface area (Å²) in [5.74, 6) is 0. The number of nitrogens with zero attached hydrogens (tertiary/aromatic N) is 2. The summed E-state index contributed by atoms with van der Waals surface area (Å²) in [4.78, 5) is 0. The van der Waals surface area contributed by atoms with Crippen molar-refractivity contribution >= 4 is 69.2 Å². The van der Waals surface area contributed by atoms with Crippen molar-refractivity contribution in [2.75, 3.05) is 9.34 Å². The Kier molecular flexibility index (Phi) is 9.32. The van der Waals surface area contributed by atoms with Crippen LogP contribution in [0.1, 0.15) is 20.3 Å². The van der Waals surface area contributed by atoms with E-state index in [0.29, 0.717) is 0 Å². The van der Waals surface area contributed by atoms with Crippen LogP contribution in [0.4, 0.5) is 22.7 Å². The van der Waals surface area contributed by atoms with Crippen LogP contribution in [0.3, 0.4) is 0 Å². The molecular formula is C55H43N2OP. The molecule has 1 unspecified atom stereocenters. The number of para-hydroxylation sites is 2. The van der Waals surface area contributed by atoms with Crippen LogP contribution in [0.2, 0.25) is 0 Å². The van der Waals surface area contributed by atoms with E-state index in [1.54, 1.807) is 0 Å². The van der Waals surface area contributed by atoms with Crippen LogP contribution in [0.5, 0.6) is 0 Å². The van der Waals surface area contributed by atoms with E-state index in [2.05, 4.69) is 157 Å². The molecule has 0 bridgehead atoms. The minimum Gasteiger partial charge on any atom is -0.270 e. The lowest BCUT2D eigenvalue weighted by Crippen LogP contribution is -2.26. The Hall–Kier alpha value is -6.93. The first kappa shape index (κ1) is 36.4. The molecule has 4 heteroatoms. The third-order valence-electron chi connectivity index (χ3n) is 11.6. The van der Waals surface area contributed by atoms with Gasteiger partial charge in [-0.05, 0) is 133 Å². The number of hydrogen-bond donors (Lipinski definition) is 0. The van der Waals surface area contributed by atoms with Crippen molar-refractivity contribution in [3.63, 3.8) is 0 Å². The Morgan fingerprint density at radius 1 is 0.441 bits per heavy atom. The molecule has 1 aliphatic rings. The zero-order chi connectivity index (χ0) is 39.9. The second-order valence-electron chi connectivity index (χ2n) is 15.0. The average molecular weight is 779 g/mol. The zero-order valence-electron chi connectivity index (χ0n) is 33.2. The molecule has 0 aliphatic carbocycles. The fourth-order valence-corrected chi connectivity index (χ4v) is 12.0. The fraction of sp³-hybridized carbons (Fsp3) is 0.0545. The van der Waals surface area contributed by atoms with Crippen LogP contribution in [0.25, 0.3) is 67.1 Å². The van der Waals surface area contributed by atoms with Gasteiger partial charge in [-0.25, -0.2) is 0 Å². The van der Waals surface area contributed by atoms with Gasteiger partial charge in [-0.2, -0.15) is 0 Å². The first-order valence-corrected chi connectivity index (χ1v) is 22.0. The maximum Gasteiger partial charge on any atom is 0.301 e. The van der Waals surface area contributed by atoms with E-state index in [-0.39, 0.29) is 0 Å². The molecule has 284 valence electrons. The predicted octanol–water partition coefficient (Wildman–Crippen LogP) is 13.8. The second-order valence-corrected chi connectivity index (χ2v) is 17.4. The van der Waals surface area contributed by atoms with Gasteiger partial charge in [0.05, 0.1) is 16.7 Å². The Morgan fingerprint density at radius 2 is 0.898 bits per heavy atom. The van der Waals surface area contributed by atoms with E-state index < -0.39 is 7.44 Å². The topological polar surface area (TPSA) is 23.6 Å². The molecule has 0 N–H and O–H groups in total. The van der Waals surface area contributed by atoms with Gasteiger partial charge in [0.15, 0.2) is 0 Å². The first-order valence-electron chi connectivity index (χ1n) is 20.4. The number of benzene rings is 9. The van der Waals surface area contributed by atoms with Crippen molar-refractivity contribution in [3.8, 4) is 33.4 Å². The molecule has 0 fully saturated rings. The van der Waals surface area contributed by atoms with Gasteiger partial charge < -0.3 is 0 Å². The molecule has 0 aromatic heterocycles. The highest BCUT2D eigenvalue weighted by atomic mass is 31.2. The summed E-state index contributed by atoms with van der Waals surface area (Å²) in [5, 5.41) is 8.25. The van der Waals surface area contributed by atoms with E-state index in [0.717, 1.165) is 45.6 Å². The highest BCUT2D eigenvalue weighted by Gasteiger charge is 2.49. The van der Waals surface area contributed by atoms with E-state index in [1.165, 1.54) is 54.2 Å². The lowest BCUT2D eigenvalue weighted by molar-refractivity contribution is 0.582. The van der Waals surface area contributed by atoms with Gasteiger partial charge in [0.25, 0.3) is 0 Å². The average Bonchev–Trinajstić information content (AvgIpc) is 3.57. The Bertz CT molecular complexity index is 3120. The summed E-state index contributed by atoms with van der Waals surface area (Å²) in [7, 11) is -3.45. The van der Waals surface area contributed by atoms with Crippen molar-refractivity contribution in [2.24, 2.45) is 0 Å². The lowest BCUT2D eigenvalue weighted by atomic mass is 9.85. The second kappa shape index (κ2) is 15.1. The van der Waals surface area contributed by atoms with Gasteiger partial charge in [-0.1, -0.05) is 165 Å². The van der Waals surface area contributed by atoms with Gasteiger partial charge in [0.1, 0.15) is 0 Å². The smallest absolute Gasteiger partial charge is 0.270 e. The summed E-state index contributed by atoms with van der Waals surface area (Å²) in [6, 6.07) is 70.2. The third kappa shape index (κ3) is 6.09. The molecule has 9 aromatic carbocycles. The summed E-state index contributed by atoms with van der Waals surface area (Å²) < 4.78 is 20.2. The minimum atomic E-state index is -3.45. The Balaban J connectivity index is 1.12. The van der Waals surface area contributed by atoms with Crippen LogP contribution in [-0.2, 0) is 4.57 Å². The zero-order valence-corrected chi connectivity index (χ0v) is 34.1.